The topological polar surface area (TPSA) is 107 Å². The molecule has 1 aromatic carbocycles. The van der Waals surface area contributed by atoms with Gasteiger partial charge < -0.3 is 20.7 Å². The highest BCUT2D eigenvalue weighted by atomic mass is 32.2. The van der Waals surface area contributed by atoms with E-state index in [0.29, 0.717) is 24.3 Å². The van der Waals surface area contributed by atoms with Crippen LogP contribution in [0.3, 0.4) is 0 Å². The summed E-state index contributed by atoms with van der Waals surface area (Å²) in [6.45, 7) is 0.528. The van der Waals surface area contributed by atoms with E-state index in [0.717, 1.165) is 11.4 Å². The van der Waals surface area contributed by atoms with Crippen molar-refractivity contribution in [1.82, 2.24) is 15.3 Å². The van der Waals surface area contributed by atoms with E-state index in [1.54, 1.807) is 42.5 Å². The van der Waals surface area contributed by atoms with E-state index in [4.69, 9.17) is 0 Å². The molecule has 1 atom stereocenters. The fourth-order valence-electron chi connectivity index (χ4n) is 2.09. The van der Waals surface area contributed by atoms with Crippen LogP contribution in [-0.2, 0) is 11.3 Å². The van der Waals surface area contributed by atoms with Gasteiger partial charge in [-0.1, -0.05) is 6.07 Å². The zero-order valence-corrected chi connectivity index (χ0v) is 14.1. The number of carboxylic acid groups (broad SMARTS) is 1. The minimum Gasteiger partial charge on any atom is -0.480 e. The molecule has 7 nitrogen and oxygen atoms in total. The van der Waals surface area contributed by atoms with Gasteiger partial charge >= 0.3 is 5.97 Å². The van der Waals surface area contributed by atoms with Gasteiger partial charge in [0.15, 0.2) is 0 Å². The quantitative estimate of drug-likeness (QED) is 0.552. The number of thioether (sulfide) groups is 1. The van der Waals surface area contributed by atoms with E-state index in [1.165, 1.54) is 0 Å². The lowest BCUT2D eigenvalue weighted by molar-refractivity contribution is -0.139. The number of nitrogens with one attached hydrogen (secondary N) is 3. The molecule has 0 saturated heterocycles. The molecule has 0 aliphatic heterocycles. The highest BCUT2D eigenvalue weighted by Gasteiger charge is 2.20. The summed E-state index contributed by atoms with van der Waals surface area (Å²) in [4.78, 5) is 30.5. The van der Waals surface area contributed by atoms with Crippen molar-refractivity contribution in [2.24, 2.45) is 0 Å². The number of hydrogen-bond acceptors (Lipinski definition) is 5. The number of imidazole rings is 1. The van der Waals surface area contributed by atoms with E-state index in [1.807, 2.05) is 12.3 Å². The number of H-pyrrole nitrogens is 1. The van der Waals surface area contributed by atoms with E-state index in [2.05, 4.69) is 20.6 Å². The summed E-state index contributed by atoms with van der Waals surface area (Å²) in [5, 5.41) is 14.9. The monoisotopic (exact) mass is 348 g/mol. The smallest absolute Gasteiger partial charge is 0.326 e. The summed E-state index contributed by atoms with van der Waals surface area (Å²) < 4.78 is 0. The fraction of sp³-hybridized carbons (Fsp3) is 0.312. The number of aromatic nitrogens is 2. The molecular weight excluding hydrogens is 328 g/mol. The number of carbonyl (C=O) groups excluding carboxylic acids is 1. The Labute approximate surface area is 144 Å². The molecule has 0 bridgehead atoms. The Morgan fingerprint density at radius 3 is 2.92 bits per heavy atom. The van der Waals surface area contributed by atoms with Crippen molar-refractivity contribution in [1.29, 1.82) is 0 Å². The van der Waals surface area contributed by atoms with Gasteiger partial charge in [-0.3, -0.25) is 4.79 Å². The molecule has 0 fully saturated rings. The number of aliphatic carboxylic acids is 1. The summed E-state index contributed by atoms with van der Waals surface area (Å²) in [6, 6.07) is 6.05. The molecule has 0 spiro atoms. The molecule has 24 heavy (non-hydrogen) atoms. The van der Waals surface area contributed by atoms with Gasteiger partial charge in [0, 0.05) is 17.4 Å². The minimum absolute atomic E-state index is 0.388. The first-order valence-electron chi connectivity index (χ1n) is 7.44. The van der Waals surface area contributed by atoms with E-state index in [-0.39, 0.29) is 0 Å². The molecule has 1 unspecified atom stereocenters. The highest BCUT2D eigenvalue weighted by molar-refractivity contribution is 7.98. The van der Waals surface area contributed by atoms with Gasteiger partial charge in [0.1, 0.15) is 6.04 Å². The SMILES string of the molecule is CSCCC(NC(=O)c1cccc(NCc2c[nH]cn2)c1)C(=O)O. The molecule has 1 heterocycles. The van der Waals surface area contributed by atoms with Crippen molar-refractivity contribution < 1.29 is 14.7 Å². The molecule has 0 radical (unpaired) electrons. The van der Waals surface area contributed by atoms with Crippen molar-refractivity contribution in [3.8, 4) is 0 Å². The van der Waals surface area contributed by atoms with Gasteiger partial charge in [0.25, 0.3) is 5.91 Å². The predicted molar refractivity (Wildman–Crippen MR) is 94.2 cm³/mol. The van der Waals surface area contributed by atoms with Crippen molar-refractivity contribution >= 4 is 29.3 Å². The summed E-state index contributed by atoms with van der Waals surface area (Å²) in [5.41, 5.74) is 2.03. The molecule has 1 amide bonds. The Kier molecular flexibility index (Phi) is 6.68. The summed E-state index contributed by atoms with van der Waals surface area (Å²) in [5.74, 6) is -0.750. The molecule has 1 aromatic heterocycles. The summed E-state index contributed by atoms with van der Waals surface area (Å²) in [6.07, 6.45) is 5.67. The van der Waals surface area contributed by atoms with Crippen LogP contribution in [0.4, 0.5) is 5.69 Å². The second-order valence-corrected chi connectivity index (χ2v) is 6.13. The van der Waals surface area contributed by atoms with Gasteiger partial charge in [-0.05, 0) is 36.6 Å². The van der Waals surface area contributed by atoms with Crippen LogP contribution in [0.1, 0.15) is 22.5 Å². The van der Waals surface area contributed by atoms with Crippen LogP contribution < -0.4 is 10.6 Å². The van der Waals surface area contributed by atoms with Crippen molar-refractivity contribution in [2.75, 3.05) is 17.3 Å². The number of anilines is 1. The maximum Gasteiger partial charge on any atom is 0.326 e. The third kappa shape index (κ3) is 5.31. The second-order valence-electron chi connectivity index (χ2n) is 5.14. The number of aromatic amines is 1. The zero-order valence-electron chi connectivity index (χ0n) is 13.3. The number of amides is 1. The fourth-order valence-corrected chi connectivity index (χ4v) is 2.56. The number of hydrogen-bond donors (Lipinski definition) is 4. The Morgan fingerprint density at radius 2 is 2.25 bits per heavy atom. The molecular formula is C16H20N4O3S. The average Bonchev–Trinajstić information content (AvgIpc) is 3.10. The molecule has 0 saturated carbocycles. The lowest BCUT2D eigenvalue weighted by Gasteiger charge is -2.14. The first kappa shape index (κ1) is 17.9. The lowest BCUT2D eigenvalue weighted by atomic mass is 10.1. The maximum atomic E-state index is 12.3. The maximum absolute atomic E-state index is 12.3. The molecule has 2 rings (SSSR count). The van der Waals surface area contributed by atoms with Gasteiger partial charge in [-0.25, -0.2) is 9.78 Å². The van der Waals surface area contributed by atoms with Crippen LogP contribution in [0.25, 0.3) is 0 Å². The predicted octanol–water partition coefficient (Wildman–Crippen LogP) is 1.96. The van der Waals surface area contributed by atoms with Crippen LogP contribution in [0, 0.1) is 0 Å². The molecule has 2 aromatic rings. The number of nitrogens with zero attached hydrogens (tertiary/aromatic N) is 1. The standard InChI is InChI=1S/C16H20N4O3S/c1-24-6-5-14(16(22)23)20-15(21)11-3-2-4-12(7-11)18-9-13-8-17-10-19-13/h2-4,7-8,10,14,18H,5-6,9H2,1H3,(H,17,19)(H,20,21)(H,22,23). The molecule has 128 valence electrons. The molecule has 8 heteroatoms. The van der Waals surface area contributed by atoms with Gasteiger partial charge in [0.2, 0.25) is 0 Å². The Bertz CT molecular complexity index is 676. The van der Waals surface area contributed by atoms with Crippen molar-refractivity contribution in [3.63, 3.8) is 0 Å². The van der Waals surface area contributed by atoms with Crippen LogP contribution in [0.15, 0.2) is 36.8 Å². The number of carboxylic acids is 1. The molecule has 4 N–H and O–H groups in total. The first-order chi connectivity index (χ1) is 11.6. The Morgan fingerprint density at radius 1 is 1.42 bits per heavy atom. The third-order valence-corrected chi connectivity index (χ3v) is 4.01. The van der Waals surface area contributed by atoms with Crippen LogP contribution in [0.5, 0.6) is 0 Å². The average molecular weight is 348 g/mol. The van der Waals surface area contributed by atoms with E-state index >= 15 is 0 Å². The van der Waals surface area contributed by atoms with Gasteiger partial charge in [-0.2, -0.15) is 11.8 Å². The Hall–Kier alpha value is -2.48. The second kappa shape index (κ2) is 8.97. The third-order valence-electron chi connectivity index (χ3n) is 3.37. The number of carbonyl (C=O) groups is 2. The molecule has 0 aliphatic rings. The largest absolute Gasteiger partial charge is 0.480 e. The normalized spacial score (nSPS) is 11.7. The van der Waals surface area contributed by atoms with Gasteiger partial charge in [-0.15, -0.1) is 0 Å². The minimum atomic E-state index is -1.02. The highest BCUT2D eigenvalue weighted by Crippen LogP contribution is 2.12. The summed E-state index contributed by atoms with van der Waals surface area (Å²) in [7, 11) is 0. The number of rotatable bonds is 9. The van der Waals surface area contributed by atoms with Crippen LogP contribution >= 0.6 is 11.8 Å². The van der Waals surface area contributed by atoms with Crippen molar-refractivity contribution in [2.45, 2.75) is 19.0 Å². The Balaban J connectivity index is 1.98. The van der Waals surface area contributed by atoms with Crippen molar-refractivity contribution in [3.05, 3.63) is 48.0 Å². The number of benzene rings is 1. The van der Waals surface area contributed by atoms with Crippen LogP contribution in [-0.4, -0.2) is 45.0 Å². The summed E-state index contributed by atoms with van der Waals surface area (Å²) >= 11 is 1.54. The molecule has 0 aliphatic carbocycles. The zero-order chi connectivity index (χ0) is 17.4. The van der Waals surface area contributed by atoms with Crippen LogP contribution in [0.2, 0.25) is 0 Å². The lowest BCUT2D eigenvalue weighted by Crippen LogP contribution is -2.41. The van der Waals surface area contributed by atoms with E-state index < -0.39 is 17.9 Å². The van der Waals surface area contributed by atoms with E-state index in [9.17, 15) is 14.7 Å². The first-order valence-corrected chi connectivity index (χ1v) is 8.83. The van der Waals surface area contributed by atoms with Gasteiger partial charge in [0.05, 0.1) is 18.6 Å².